The fourth-order valence-electron chi connectivity index (χ4n) is 2.66. The van der Waals surface area contributed by atoms with Gasteiger partial charge in [0, 0.05) is 12.4 Å². The summed E-state index contributed by atoms with van der Waals surface area (Å²) < 4.78 is 0. The molecule has 6 nitrogen and oxygen atoms in total. The lowest BCUT2D eigenvalue weighted by atomic mass is 10.1. The lowest BCUT2D eigenvalue weighted by Crippen LogP contribution is -3.13. The van der Waals surface area contributed by atoms with Crippen molar-refractivity contribution < 1.29 is 9.69 Å². The SMILES string of the molecule is O=C(Nc1nnc(CC[NH+]2CCCCC2)s1)c1cccnc1. The van der Waals surface area contributed by atoms with Crippen molar-refractivity contribution >= 4 is 22.4 Å². The molecule has 0 unspecified atom stereocenters. The number of hydrogen-bond donors (Lipinski definition) is 2. The average molecular weight is 318 g/mol. The van der Waals surface area contributed by atoms with Crippen molar-refractivity contribution in [3.8, 4) is 0 Å². The summed E-state index contributed by atoms with van der Waals surface area (Å²) in [6, 6.07) is 3.46. The first-order chi connectivity index (χ1) is 10.8. The lowest BCUT2D eigenvalue weighted by Gasteiger charge is -2.22. The van der Waals surface area contributed by atoms with Crippen molar-refractivity contribution in [2.75, 3.05) is 25.0 Å². The molecule has 1 amide bonds. The minimum atomic E-state index is -0.197. The molecular formula is C15H20N5OS+. The summed E-state index contributed by atoms with van der Waals surface area (Å²) in [5.74, 6) is -0.197. The van der Waals surface area contributed by atoms with Crippen LogP contribution in [0.3, 0.4) is 0 Å². The summed E-state index contributed by atoms with van der Waals surface area (Å²) >= 11 is 1.46. The second-order valence-electron chi connectivity index (χ2n) is 5.51. The number of nitrogens with one attached hydrogen (secondary N) is 2. The van der Waals surface area contributed by atoms with Crippen LogP contribution in [-0.4, -0.2) is 40.7 Å². The predicted molar refractivity (Wildman–Crippen MR) is 85.2 cm³/mol. The summed E-state index contributed by atoms with van der Waals surface area (Å²) in [6.45, 7) is 3.64. The Morgan fingerprint density at radius 1 is 1.27 bits per heavy atom. The first-order valence-electron chi connectivity index (χ1n) is 7.68. The molecule has 0 saturated carbocycles. The van der Waals surface area contributed by atoms with Crippen LogP contribution in [0.25, 0.3) is 0 Å². The van der Waals surface area contributed by atoms with Crippen LogP contribution in [-0.2, 0) is 6.42 Å². The van der Waals surface area contributed by atoms with Crippen molar-refractivity contribution in [3.05, 3.63) is 35.1 Å². The number of carbonyl (C=O) groups is 1. The van der Waals surface area contributed by atoms with E-state index in [4.69, 9.17) is 0 Å². The molecule has 0 aromatic carbocycles. The van der Waals surface area contributed by atoms with Gasteiger partial charge < -0.3 is 4.90 Å². The molecule has 0 atom stereocenters. The van der Waals surface area contributed by atoms with E-state index in [1.807, 2.05) is 0 Å². The average Bonchev–Trinajstić information content (AvgIpc) is 3.02. The number of nitrogens with zero attached hydrogens (tertiary/aromatic N) is 3. The van der Waals surface area contributed by atoms with Gasteiger partial charge in [0.15, 0.2) is 0 Å². The Morgan fingerprint density at radius 2 is 2.14 bits per heavy atom. The third kappa shape index (κ3) is 4.08. The Hall–Kier alpha value is -1.86. The quantitative estimate of drug-likeness (QED) is 0.855. The molecule has 0 radical (unpaired) electrons. The van der Waals surface area contributed by atoms with Crippen LogP contribution in [0.2, 0.25) is 0 Å². The molecule has 0 bridgehead atoms. The van der Waals surface area contributed by atoms with Gasteiger partial charge in [-0.3, -0.25) is 15.1 Å². The molecule has 1 fully saturated rings. The van der Waals surface area contributed by atoms with Gasteiger partial charge in [-0.05, 0) is 31.4 Å². The fourth-order valence-corrected chi connectivity index (χ4v) is 3.39. The van der Waals surface area contributed by atoms with E-state index in [2.05, 4.69) is 20.5 Å². The molecule has 3 heterocycles. The number of piperidine rings is 1. The number of hydrogen-bond acceptors (Lipinski definition) is 5. The molecule has 1 aliphatic rings. The predicted octanol–water partition coefficient (Wildman–Crippen LogP) is 0.797. The van der Waals surface area contributed by atoms with Crippen LogP contribution in [0.1, 0.15) is 34.6 Å². The first kappa shape index (κ1) is 15.1. The zero-order valence-corrected chi connectivity index (χ0v) is 13.2. The van der Waals surface area contributed by atoms with Crippen LogP contribution in [0.15, 0.2) is 24.5 Å². The number of aromatic nitrogens is 3. The third-order valence-corrected chi connectivity index (χ3v) is 4.76. The minimum absolute atomic E-state index is 0.197. The second-order valence-corrected chi connectivity index (χ2v) is 6.57. The Balaban J connectivity index is 1.51. The van der Waals surface area contributed by atoms with Crippen LogP contribution in [0.4, 0.5) is 5.13 Å². The first-order valence-corrected chi connectivity index (χ1v) is 8.50. The monoisotopic (exact) mass is 318 g/mol. The van der Waals surface area contributed by atoms with Crippen molar-refractivity contribution in [2.45, 2.75) is 25.7 Å². The highest BCUT2D eigenvalue weighted by molar-refractivity contribution is 7.15. The molecule has 7 heteroatoms. The number of rotatable bonds is 5. The normalized spacial score (nSPS) is 15.6. The molecular weight excluding hydrogens is 298 g/mol. The van der Waals surface area contributed by atoms with Gasteiger partial charge in [-0.1, -0.05) is 11.3 Å². The zero-order chi connectivity index (χ0) is 15.2. The smallest absolute Gasteiger partial charge is 0.259 e. The molecule has 2 N–H and O–H groups in total. The van der Waals surface area contributed by atoms with Gasteiger partial charge in [-0.2, -0.15) is 0 Å². The number of likely N-dealkylation sites (tertiary alicyclic amines) is 1. The van der Waals surface area contributed by atoms with Gasteiger partial charge in [-0.25, -0.2) is 0 Å². The molecule has 1 saturated heterocycles. The fraction of sp³-hybridized carbons (Fsp3) is 0.467. The molecule has 0 aliphatic carbocycles. The number of quaternary nitrogens is 1. The minimum Gasteiger partial charge on any atom is -0.335 e. The number of pyridine rings is 1. The lowest BCUT2D eigenvalue weighted by molar-refractivity contribution is -0.904. The molecule has 1 aliphatic heterocycles. The van der Waals surface area contributed by atoms with Crippen molar-refractivity contribution in [2.24, 2.45) is 0 Å². The van der Waals surface area contributed by atoms with Crippen LogP contribution in [0, 0.1) is 0 Å². The highest BCUT2D eigenvalue weighted by Gasteiger charge is 2.15. The Morgan fingerprint density at radius 3 is 2.91 bits per heavy atom. The summed E-state index contributed by atoms with van der Waals surface area (Å²) in [5, 5.41) is 12.5. The zero-order valence-electron chi connectivity index (χ0n) is 12.4. The summed E-state index contributed by atoms with van der Waals surface area (Å²) in [4.78, 5) is 17.6. The van der Waals surface area contributed by atoms with E-state index in [0.29, 0.717) is 10.7 Å². The standard InChI is InChI=1S/C15H19N5OS/c21-14(12-5-4-7-16-11-12)17-15-19-18-13(22-15)6-10-20-8-2-1-3-9-20/h4-5,7,11H,1-3,6,8-10H2,(H,17,19,21)/p+1. The van der Waals surface area contributed by atoms with Crippen molar-refractivity contribution in [1.29, 1.82) is 0 Å². The molecule has 3 rings (SSSR count). The number of carbonyl (C=O) groups excluding carboxylic acids is 1. The highest BCUT2D eigenvalue weighted by atomic mass is 32.1. The van der Waals surface area contributed by atoms with E-state index >= 15 is 0 Å². The van der Waals surface area contributed by atoms with Gasteiger partial charge in [0.1, 0.15) is 5.01 Å². The van der Waals surface area contributed by atoms with E-state index in [-0.39, 0.29) is 5.91 Å². The van der Waals surface area contributed by atoms with E-state index in [9.17, 15) is 4.79 Å². The maximum atomic E-state index is 12.0. The van der Waals surface area contributed by atoms with Crippen LogP contribution in [0.5, 0.6) is 0 Å². The molecule has 2 aromatic heterocycles. The van der Waals surface area contributed by atoms with Gasteiger partial charge in [0.25, 0.3) is 5.91 Å². The van der Waals surface area contributed by atoms with Crippen molar-refractivity contribution in [3.63, 3.8) is 0 Å². The third-order valence-electron chi connectivity index (χ3n) is 3.86. The number of anilines is 1. The van der Waals surface area contributed by atoms with E-state index in [1.54, 1.807) is 23.2 Å². The van der Waals surface area contributed by atoms with E-state index in [0.717, 1.165) is 18.0 Å². The summed E-state index contributed by atoms with van der Waals surface area (Å²) in [5.41, 5.74) is 0.525. The molecule has 116 valence electrons. The Kier molecular flexibility index (Phi) is 5.07. The van der Waals surface area contributed by atoms with Crippen LogP contribution < -0.4 is 10.2 Å². The largest absolute Gasteiger partial charge is 0.335 e. The maximum Gasteiger partial charge on any atom is 0.259 e. The molecule has 2 aromatic rings. The topological polar surface area (TPSA) is 72.2 Å². The number of amides is 1. The van der Waals surface area contributed by atoms with Gasteiger partial charge >= 0.3 is 0 Å². The van der Waals surface area contributed by atoms with Crippen LogP contribution >= 0.6 is 11.3 Å². The Bertz CT molecular complexity index is 609. The second kappa shape index (κ2) is 7.42. The molecule has 22 heavy (non-hydrogen) atoms. The summed E-state index contributed by atoms with van der Waals surface area (Å²) in [6.07, 6.45) is 8.14. The Labute approximate surface area is 133 Å². The van der Waals surface area contributed by atoms with E-state index in [1.165, 1.54) is 49.9 Å². The van der Waals surface area contributed by atoms with Gasteiger partial charge in [-0.15, -0.1) is 10.2 Å². The summed E-state index contributed by atoms with van der Waals surface area (Å²) in [7, 11) is 0. The highest BCUT2D eigenvalue weighted by Crippen LogP contribution is 2.16. The maximum absolute atomic E-state index is 12.0. The van der Waals surface area contributed by atoms with Gasteiger partial charge in [0.2, 0.25) is 5.13 Å². The van der Waals surface area contributed by atoms with E-state index < -0.39 is 0 Å². The molecule has 0 spiro atoms. The van der Waals surface area contributed by atoms with Crippen molar-refractivity contribution in [1.82, 2.24) is 15.2 Å². The van der Waals surface area contributed by atoms with Gasteiger partial charge in [0.05, 0.1) is 31.6 Å².